The lowest BCUT2D eigenvalue weighted by Gasteiger charge is -2.38. The summed E-state index contributed by atoms with van der Waals surface area (Å²) < 4.78 is 26.3. The van der Waals surface area contributed by atoms with E-state index in [1.165, 1.54) is 19.1 Å². The van der Waals surface area contributed by atoms with Crippen LogP contribution in [-0.4, -0.2) is 53.9 Å². The molecule has 2 fully saturated rings. The molecule has 2 heterocycles. The summed E-state index contributed by atoms with van der Waals surface area (Å²) in [4.78, 5) is 18.6. The molecule has 0 bridgehead atoms. The first kappa shape index (κ1) is 19.3. The minimum Gasteiger partial charge on any atom is -0.341 e. The highest BCUT2D eigenvalue weighted by atomic mass is 32.2. The molecule has 6 nitrogen and oxygen atoms in total. The van der Waals surface area contributed by atoms with E-state index in [0.29, 0.717) is 25.4 Å². The van der Waals surface area contributed by atoms with E-state index in [1.807, 2.05) is 17.0 Å². The Morgan fingerprint density at radius 3 is 2.69 bits per heavy atom. The highest BCUT2D eigenvalue weighted by Crippen LogP contribution is 2.29. The molecule has 1 aromatic heterocycles. The molecule has 0 aromatic carbocycles. The van der Waals surface area contributed by atoms with Gasteiger partial charge in [-0.15, -0.1) is 0 Å². The van der Waals surface area contributed by atoms with Gasteiger partial charge < -0.3 is 4.90 Å². The van der Waals surface area contributed by atoms with E-state index < -0.39 is 10.0 Å². The average molecular weight is 380 g/mol. The second-order valence-electron chi connectivity index (χ2n) is 7.66. The molecule has 1 atom stereocenters. The molecule has 1 amide bonds. The Balaban J connectivity index is 1.67. The molecule has 0 N–H and O–H groups in total. The van der Waals surface area contributed by atoms with Crippen LogP contribution in [0.1, 0.15) is 50.5 Å². The van der Waals surface area contributed by atoms with Crippen LogP contribution in [-0.2, 0) is 21.4 Å². The van der Waals surface area contributed by atoms with Crippen LogP contribution in [0.5, 0.6) is 0 Å². The van der Waals surface area contributed by atoms with Crippen LogP contribution >= 0.6 is 0 Å². The first-order valence-electron chi connectivity index (χ1n) is 9.57. The van der Waals surface area contributed by atoms with Gasteiger partial charge in [-0.25, -0.2) is 8.42 Å². The largest absolute Gasteiger partial charge is 0.341 e. The maximum atomic E-state index is 12.7. The number of nitrogens with zero attached hydrogens (tertiary/aromatic N) is 3. The SMILES string of the molecule is CS(=O)(=O)N(Cc1cccnc1)C1CCCN(C(=O)CC2CCCC2)C1. The highest BCUT2D eigenvalue weighted by molar-refractivity contribution is 7.88. The van der Waals surface area contributed by atoms with Gasteiger partial charge in [0, 0.05) is 44.5 Å². The summed E-state index contributed by atoms with van der Waals surface area (Å²) in [6.07, 6.45) is 11.7. The van der Waals surface area contributed by atoms with Crippen LogP contribution in [0.4, 0.5) is 0 Å². The van der Waals surface area contributed by atoms with Gasteiger partial charge in [0.05, 0.1) is 6.26 Å². The number of hydrogen-bond acceptors (Lipinski definition) is 4. The predicted molar refractivity (Wildman–Crippen MR) is 101 cm³/mol. The number of sulfonamides is 1. The number of amides is 1. The topological polar surface area (TPSA) is 70.6 Å². The molecule has 0 radical (unpaired) electrons. The molecule has 2 aliphatic rings. The van der Waals surface area contributed by atoms with Crippen molar-refractivity contribution < 1.29 is 13.2 Å². The van der Waals surface area contributed by atoms with Crippen LogP contribution in [0, 0.1) is 5.92 Å². The van der Waals surface area contributed by atoms with Gasteiger partial charge in [-0.05, 0) is 43.2 Å². The Kier molecular flexibility index (Phi) is 6.29. The minimum atomic E-state index is -3.37. The number of aromatic nitrogens is 1. The van der Waals surface area contributed by atoms with Gasteiger partial charge in [-0.2, -0.15) is 4.31 Å². The smallest absolute Gasteiger partial charge is 0.222 e. The van der Waals surface area contributed by atoms with E-state index in [0.717, 1.165) is 37.8 Å². The van der Waals surface area contributed by atoms with Crippen molar-refractivity contribution in [1.29, 1.82) is 0 Å². The van der Waals surface area contributed by atoms with Crippen molar-refractivity contribution in [2.75, 3.05) is 19.3 Å². The number of pyridine rings is 1. The Hall–Kier alpha value is -1.47. The Morgan fingerprint density at radius 2 is 2.04 bits per heavy atom. The molecule has 1 unspecified atom stereocenters. The molecule has 0 spiro atoms. The fraction of sp³-hybridized carbons (Fsp3) is 0.684. The van der Waals surface area contributed by atoms with Crippen molar-refractivity contribution in [2.45, 2.75) is 57.5 Å². The zero-order valence-electron chi connectivity index (χ0n) is 15.5. The zero-order valence-corrected chi connectivity index (χ0v) is 16.3. The molecular weight excluding hydrogens is 350 g/mol. The number of carbonyl (C=O) groups is 1. The summed E-state index contributed by atoms with van der Waals surface area (Å²) >= 11 is 0. The maximum Gasteiger partial charge on any atom is 0.222 e. The molecule has 7 heteroatoms. The third-order valence-corrected chi connectivity index (χ3v) is 6.86. The number of likely N-dealkylation sites (tertiary alicyclic amines) is 1. The van der Waals surface area contributed by atoms with Gasteiger partial charge in [-0.3, -0.25) is 9.78 Å². The van der Waals surface area contributed by atoms with E-state index in [-0.39, 0.29) is 11.9 Å². The van der Waals surface area contributed by atoms with Crippen molar-refractivity contribution in [2.24, 2.45) is 5.92 Å². The monoisotopic (exact) mass is 379 g/mol. The van der Waals surface area contributed by atoms with Gasteiger partial charge in [0.25, 0.3) is 0 Å². The predicted octanol–water partition coefficient (Wildman–Crippen LogP) is 2.41. The molecule has 1 aliphatic carbocycles. The summed E-state index contributed by atoms with van der Waals surface area (Å²) in [7, 11) is -3.37. The van der Waals surface area contributed by atoms with Crippen molar-refractivity contribution in [3.8, 4) is 0 Å². The summed E-state index contributed by atoms with van der Waals surface area (Å²) in [5.41, 5.74) is 0.868. The Bertz CT molecular complexity index is 702. The standard InChI is InChI=1S/C19H29N3O3S/c1-26(24,25)22(14-17-8-4-10-20-13-17)18-9-5-11-21(15-18)19(23)12-16-6-2-3-7-16/h4,8,10,13,16,18H,2-3,5-7,9,11-12,14-15H2,1H3. The molecular formula is C19H29N3O3S. The third-order valence-electron chi connectivity index (χ3n) is 5.58. The molecule has 3 rings (SSSR count). The lowest BCUT2D eigenvalue weighted by atomic mass is 10.0. The van der Waals surface area contributed by atoms with E-state index in [4.69, 9.17) is 0 Å². The van der Waals surface area contributed by atoms with Crippen LogP contribution in [0.2, 0.25) is 0 Å². The molecule has 26 heavy (non-hydrogen) atoms. The first-order valence-corrected chi connectivity index (χ1v) is 11.4. The van der Waals surface area contributed by atoms with E-state index >= 15 is 0 Å². The summed E-state index contributed by atoms with van der Waals surface area (Å²) in [6, 6.07) is 3.54. The van der Waals surface area contributed by atoms with Crippen LogP contribution < -0.4 is 0 Å². The Morgan fingerprint density at radius 1 is 1.27 bits per heavy atom. The molecule has 1 aromatic rings. The average Bonchev–Trinajstić information content (AvgIpc) is 3.13. The van der Waals surface area contributed by atoms with E-state index in [2.05, 4.69) is 4.98 Å². The maximum absolute atomic E-state index is 12.7. The second-order valence-corrected chi connectivity index (χ2v) is 9.59. The van der Waals surface area contributed by atoms with Crippen LogP contribution in [0.3, 0.4) is 0 Å². The zero-order chi connectivity index (χ0) is 18.6. The molecule has 144 valence electrons. The Labute approximate surface area is 156 Å². The van der Waals surface area contributed by atoms with Gasteiger partial charge >= 0.3 is 0 Å². The minimum absolute atomic E-state index is 0.161. The summed E-state index contributed by atoms with van der Waals surface area (Å²) in [5.74, 6) is 0.709. The fourth-order valence-electron chi connectivity index (χ4n) is 4.20. The highest BCUT2D eigenvalue weighted by Gasteiger charge is 2.33. The number of hydrogen-bond donors (Lipinski definition) is 0. The quantitative estimate of drug-likeness (QED) is 0.761. The summed E-state index contributed by atoms with van der Waals surface area (Å²) in [5, 5.41) is 0. The van der Waals surface area contributed by atoms with Crippen molar-refractivity contribution in [1.82, 2.24) is 14.2 Å². The number of carbonyl (C=O) groups excluding carboxylic acids is 1. The van der Waals surface area contributed by atoms with E-state index in [1.54, 1.807) is 16.7 Å². The second kappa shape index (κ2) is 8.48. The van der Waals surface area contributed by atoms with Crippen molar-refractivity contribution in [3.63, 3.8) is 0 Å². The lowest BCUT2D eigenvalue weighted by Crippen LogP contribution is -2.51. The van der Waals surface area contributed by atoms with E-state index in [9.17, 15) is 13.2 Å². The van der Waals surface area contributed by atoms with Crippen LogP contribution in [0.15, 0.2) is 24.5 Å². The molecule has 1 saturated carbocycles. The van der Waals surface area contributed by atoms with Crippen molar-refractivity contribution in [3.05, 3.63) is 30.1 Å². The third kappa shape index (κ3) is 5.04. The fourth-order valence-corrected chi connectivity index (χ4v) is 5.29. The number of piperidine rings is 1. The van der Waals surface area contributed by atoms with Crippen LogP contribution in [0.25, 0.3) is 0 Å². The first-order chi connectivity index (χ1) is 12.4. The number of rotatable bonds is 6. The van der Waals surface area contributed by atoms with Gasteiger partial charge in [0.1, 0.15) is 0 Å². The van der Waals surface area contributed by atoms with Crippen molar-refractivity contribution >= 4 is 15.9 Å². The van der Waals surface area contributed by atoms with Gasteiger partial charge in [-0.1, -0.05) is 18.9 Å². The molecule has 1 saturated heterocycles. The molecule has 1 aliphatic heterocycles. The van der Waals surface area contributed by atoms with Gasteiger partial charge in [0.15, 0.2) is 0 Å². The normalized spacial score (nSPS) is 22.1. The van der Waals surface area contributed by atoms with Gasteiger partial charge in [0.2, 0.25) is 15.9 Å². The lowest BCUT2D eigenvalue weighted by molar-refractivity contribution is -0.134. The summed E-state index contributed by atoms with van der Waals surface area (Å²) in [6.45, 7) is 1.55.